The van der Waals surface area contributed by atoms with Crippen molar-refractivity contribution in [1.82, 2.24) is 5.32 Å². The number of hydrogen-bond donors (Lipinski definition) is 3. The molecule has 0 saturated heterocycles. The van der Waals surface area contributed by atoms with Crippen LogP contribution in [0.3, 0.4) is 0 Å². The van der Waals surface area contributed by atoms with Crippen LogP contribution in [-0.4, -0.2) is 24.7 Å². The van der Waals surface area contributed by atoms with Gasteiger partial charge in [0.1, 0.15) is 5.75 Å². The molecule has 1 aromatic carbocycles. The third-order valence-corrected chi connectivity index (χ3v) is 3.48. The molecule has 2 rings (SSSR count). The Morgan fingerprint density at radius 1 is 1.50 bits per heavy atom. The van der Waals surface area contributed by atoms with Crippen molar-refractivity contribution in [2.45, 2.75) is 11.3 Å². The molecule has 5 nitrogen and oxygen atoms in total. The molecule has 0 atom stereocenters. The summed E-state index contributed by atoms with van der Waals surface area (Å²) in [6.07, 6.45) is 4.26. The number of fused-ring (bicyclic) bond motifs is 1. The Balaban J connectivity index is 0.00000200. The molecule has 108 valence electrons. The van der Waals surface area contributed by atoms with Gasteiger partial charge in [-0.15, -0.1) is 24.2 Å². The molecule has 7 heteroatoms. The summed E-state index contributed by atoms with van der Waals surface area (Å²) in [5.41, 5.74) is 6.60. The van der Waals surface area contributed by atoms with Crippen molar-refractivity contribution in [3.05, 3.63) is 29.3 Å². The molecule has 1 aliphatic rings. The standard InChI is InChI=1S/C13H15N3O2S.ClH/c1-19-10-4-2-3-8-7-9(5-6-18-11(8)10)12(17)16-13(14)15;/h2-4,7H,5-6H2,1H3,(H4,14,15,16,17);1H. The van der Waals surface area contributed by atoms with Gasteiger partial charge in [-0.1, -0.05) is 12.1 Å². The van der Waals surface area contributed by atoms with E-state index in [1.807, 2.05) is 24.5 Å². The molecule has 1 amide bonds. The fraction of sp³-hybridized carbons (Fsp3) is 0.231. The average molecular weight is 314 g/mol. The van der Waals surface area contributed by atoms with Crippen molar-refractivity contribution in [3.8, 4) is 5.75 Å². The zero-order chi connectivity index (χ0) is 13.8. The Labute approximate surface area is 127 Å². The molecule has 0 aliphatic carbocycles. The first-order valence-corrected chi connectivity index (χ1v) is 7.00. The molecule has 0 aromatic heterocycles. The smallest absolute Gasteiger partial charge is 0.254 e. The normalized spacial score (nSPS) is 12.9. The van der Waals surface area contributed by atoms with Crippen molar-refractivity contribution in [2.24, 2.45) is 5.73 Å². The molecule has 4 N–H and O–H groups in total. The van der Waals surface area contributed by atoms with Crippen molar-refractivity contribution in [2.75, 3.05) is 12.9 Å². The number of carbonyl (C=O) groups excluding carboxylic acids is 1. The highest BCUT2D eigenvalue weighted by Crippen LogP contribution is 2.34. The van der Waals surface area contributed by atoms with Gasteiger partial charge in [-0.25, -0.2) is 0 Å². The van der Waals surface area contributed by atoms with Gasteiger partial charge in [0.05, 0.1) is 6.61 Å². The summed E-state index contributed by atoms with van der Waals surface area (Å²) in [6.45, 7) is 0.432. The highest BCUT2D eigenvalue weighted by molar-refractivity contribution is 7.98. The van der Waals surface area contributed by atoms with E-state index in [4.69, 9.17) is 15.9 Å². The largest absolute Gasteiger partial charge is 0.491 e. The lowest BCUT2D eigenvalue weighted by Gasteiger charge is -2.09. The molecule has 0 fully saturated rings. The molecule has 1 aromatic rings. The number of benzene rings is 1. The molecule has 0 spiro atoms. The molecule has 20 heavy (non-hydrogen) atoms. The zero-order valence-electron chi connectivity index (χ0n) is 10.9. The molecular formula is C13H16ClN3O2S. The van der Waals surface area contributed by atoms with Gasteiger partial charge in [0.25, 0.3) is 5.91 Å². The maximum atomic E-state index is 11.9. The van der Waals surface area contributed by atoms with Crippen LogP contribution in [0.15, 0.2) is 28.7 Å². The van der Waals surface area contributed by atoms with E-state index >= 15 is 0 Å². The highest BCUT2D eigenvalue weighted by atomic mass is 35.5. The summed E-state index contributed by atoms with van der Waals surface area (Å²) in [6, 6.07) is 5.82. The van der Waals surface area contributed by atoms with Gasteiger partial charge < -0.3 is 10.5 Å². The SMILES string of the molecule is CSc1cccc2c1OCCC(C(=O)NC(=N)N)=C2.Cl. The lowest BCUT2D eigenvalue weighted by atomic mass is 10.1. The average Bonchev–Trinajstić information content (AvgIpc) is 2.59. The monoisotopic (exact) mass is 313 g/mol. The van der Waals surface area contributed by atoms with Gasteiger partial charge in [0.15, 0.2) is 5.96 Å². The van der Waals surface area contributed by atoms with Crippen LogP contribution in [0, 0.1) is 5.41 Å². The van der Waals surface area contributed by atoms with E-state index < -0.39 is 0 Å². The maximum Gasteiger partial charge on any atom is 0.254 e. The summed E-state index contributed by atoms with van der Waals surface area (Å²) >= 11 is 1.60. The number of nitrogens with one attached hydrogen (secondary N) is 2. The number of ether oxygens (including phenoxy) is 1. The van der Waals surface area contributed by atoms with Crippen LogP contribution in [0.4, 0.5) is 0 Å². The molecular weight excluding hydrogens is 298 g/mol. The van der Waals surface area contributed by atoms with Crippen LogP contribution in [0.25, 0.3) is 6.08 Å². The quantitative estimate of drug-likeness (QED) is 0.443. The van der Waals surface area contributed by atoms with Gasteiger partial charge in [-0.3, -0.25) is 15.5 Å². The van der Waals surface area contributed by atoms with Crippen LogP contribution in [0.2, 0.25) is 0 Å². The molecule has 0 bridgehead atoms. The Morgan fingerprint density at radius 2 is 2.25 bits per heavy atom. The third-order valence-electron chi connectivity index (χ3n) is 2.72. The Bertz CT molecular complexity index is 561. The van der Waals surface area contributed by atoms with Gasteiger partial charge in [0, 0.05) is 22.5 Å². The lowest BCUT2D eigenvalue weighted by molar-refractivity contribution is -0.116. The topological polar surface area (TPSA) is 88.2 Å². The first-order chi connectivity index (χ1) is 9.11. The van der Waals surface area contributed by atoms with Crippen LogP contribution in [0.5, 0.6) is 5.75 Å². The fourth-order valence-corrected chi connectivity index (χ4v) is 2.44. The number of thioether (sulfide) groups is 1. The second-order valence-electron chi connectivity index (χ2n) is 4.01. The van der Waals surface area contributed by atoms with E-state index in [0.717, 1.165) is 16.2 Å². The summed E-state index contributed by atoms with van der Waals surface area (Å²) < 4.78 is 5.72. The zero-order valence-corrected chi connectivity index (χ0v) is 12.6. The minimum absolute atomic E-state index is 0. The Morgan fingerprint density at radius 3 is 2.90 bits per heavy atom. The van der Waals surface area contributed by atoms with Crippen molar-refractivity contribution < 1.29 is 9.53 Å². The molecule has 1 heterocycles. The van der Waals surface area contributed by atoms with Crippen LogP contribution >= 0.6 is 24.2 Å². The van der Waals surface area contributed by atoms with Crippen molar-refractivity contribution >= 4 is 42.1 Å². The predicted octanol–water partition coefficient (Wildman–Crippen LogP) is 2.01. The Kier molecular flexibility index (Phi) is 5.91. The fourth-order valence-electron chi connectivity index (χ4n) is 1.87. The number of amides is 1. The molecule has 0 saturated carbocycles. The second kappa shape index (κ2) is 7.21. The summed E-state index contributed by atoms with van der Waals surface area (Å²) in [4.78, 5) is 12.9. The van der Waals surface area contributed by atoms with E-state index in [-0.39, 0.29) is 24.3 Å². The lowest BCUT2D eigenvalue weighted by Crippen LogP contribution is -2.36. The van der Waals surface area contributed by atoms with Gasteiger partial charge in [0.2, 0.25) is 0 Å². The first-order valence-electron chi connectivity index (χ1n) is 5.77. The number of para-hydroxylation sites is 1. The number of halogens is 1. The molecule has 0 radical (unpaired) electrons. The molecule has 1 aliphatic heterocycles. The van der Waals surface area contributed by atoms with Gasteiger partial charge in [-0.05, 0) is 18.4 Å². The van der Waals surface area contributed by atoms with Gasteiger partial charge in [-0.2, -0.15) is 0 Å². The summed E-state index contributed by atoms with van der Waals surface area (Å²) in [7, 11) is 0. The van der Waals surface area contributed by atoms with E-state index in [1.54, 1.807) is 17.8 Å². The highest BCUT2D eigenvalue weighted by Gasteiger charge is 2.17. The van der Waals surface area contributed by atoms with E-state index in [0.29, 0.717) is 18.6 Å². The number of guanidine groups is 1. The van der Waals surface area contributed by atoms with E-state index in [1.165, 1.54) is 0 Å². The van der Waals surface area contributed by atoms with E-state index in [9.17, 15) is 4.79 Å². The number of hydrogen-bond acceptors (Lipinski definition) is 4. The summed E-state index contributed by atoms with van der Waals surface area (Å²) in [5, 5.41) is 9.38. The Hall–Kier alpha value is -1.66. The van der Waals surface area contributed by atoms with Crippen LogP contribution in [0.1, 0.15) is 12.0 Å². The van der Waals surface area contributed by atoms with Crippen molar-refractivity contribution in [1.29, 1.82) is 5.41 Å². The van der Waals surface area contributed by atoms with Gasteiger partial charge >= 0.3 is 0 Å². The summed E-state index contributed by atoms with van der Waals surface area (Å²) in [5.74, 6) is 0.105. The predicted molar refractivity (Wildman–Crippen MR) is 83.6 cm³/mol. The second-order valence-corrected chi connectivity index (χ2v) is 4.86. The van der Waals surface area contributed by atoms with Crippen LogP contribution < -0.4 is 15.8 Å². The van der Waals surface area contributed by atoms with Crippen molar-refractivity contribution in [3.63, 3.8) is 0 Å². The van der Waals surface area contributed by atoms with Crippen LogP contribution in [-0.2, 0) is 4.79 Å². The number of carbonyl (C=O) groups is 1. The number of nitrogens with two attached hydrogens (primary N) is 1. The maximum absolute atomic E-state index is 11.9. The van der Waals surface area contributed by atoms with E-state index in [2.05, 4.69) is 5.32 Å². The minimum atomic E-state index is -0.353. The minimum Gasteiger partial charge on any atom is -0.491 e. The number of rotatable bonds is 2. The molecule has 0 unspecified atom stereocenters. The third kappa shape index (κ3) is 3.68. The first kappa shape index (κ1) is 16.4.